The zero-order chi connectivity index (χ0) is 14.3. The predicted molar refractivity (Wildman–Crippen MR) is 51.0 cm³/mol. The molecule has 0 unspecified atom stereocenters. The summed E-state index contributed by atoms with van der Waals surface area (Å²) < 4.78 is 62.2. The summed E-state index contributed by atoms with van der Waals surface area (Å²) in [7, 11) is 1.22. The number of aromatic nitrogens is 1. The van der Waals surface area contributed by atoms with Crippen molar-refractivity contribution in [3.05, 3.63) is 22.4 Å². The van der Waals surface area contributed by atoms with Crippen molar-refractivity contribution < 1.29 is 32.0 Å². The van der Waals surface area contributed by atoms with Crippen LogP contribution in [0.3, 0.4) is 0 Å². The van der Waals surface area contributed by atoms with E-state index in [-0.39, 0.29) is 4.60 Å². The highest BCUT2D eigenvalue weighted by atomic mass is 79.9. The summed E-state index contributed by atoms with van der Waals surface area (Å²) in [5.41, 5.74) is -0.596. The van der Waals surface area contributed by atoms with Crippen molar-refractivity contribution in [2.24, 2.45) is 7.05 Å². The van der Waals surface area contributed by atoms with Gasteiger partial charge in [0.05, 0.1) is 4.60 Å². The van der Waals surface area contributed by atoms with Gasteiger partial charge in [-0.2, -0.15) is 22.0 Å². The van der Waals surface area contributed by atoms with Gasteiger partial charge in [-0.05, 0) is 28.1 Å². The highest BCUT2D eigenvalue weighted by Crippen LogP contribution is 2.38. The summed E-state index contributed by atoms with van der Waals surface area (Å²) >= 11 is 2.90. The summed E-state index contributed by atoms with van der Waals surface area (Å²) in [5, 5.41) is 8.96. The molecular weight excluding hydrogens is 331 g/mol. The minimum absolute atomic E-state index is 0.245. The molecule has 0 N–H and O–H groups in total. The Morgan fingerprint density at radius 2 is 1.78 bits per heavy atom. The second-order valence-corrected chi connectivity index (χ2v) is 4.05. The molecule has 1 aromatic rings. The molecule has 1 heterocycles. The SMILES string of the molecule is Cn1c(Br)ccc1C(=O)N([O])C(F)(F)C(F)(F)F. The van der Waals surface area contributed by atoms with E-state index >= 15 is 0 Å². The fourth-order valence-electron chi connectivity index (χ4n) is 1.05. The highest BCUT2D eigenvalue weighted by Gasteiger charge is 2.65. The molecule has 0 aliphatic carbocycles. The standard InChI is InChI=1S/C8H5BrF5N2O2/c1-15-4(2-3-5(15)9)6(17)16(18)8(13,14)7(10,11)12/h2-3H,1H3. The molecule has 10 heteroatoms. The van der Waals surface area contributed by atoms with Crippen molar-refractivity contribution >= 4 is 21.8 Å². The monoisotopic (exact) mass is 335 g/mol. The molecule has 0 fully saturated rings. The van der Waals surface area contributed by atoms with E-state index in [9.17, 15) is 32.0 Å². The highest BCUT2D eigenvalue weighted by molar-refractivity contribution is 9.10. The molecule has 101 valence electrons. The molecule has 18 heavy (non-hydrogen) atoms. The topological polar surface area (TPSA) is 45.1 Å². The van der Waals surface area contributed by atoms with Gasteiger partial charge in [0.15, 0.2) is 0 Å². The Hall–Kier alpha value is -1.16. The quantitative estimate of drug-likeness (QED) is 0.465. The third-order valence-electron chi connectivity index (χ3n) is 2.06. The smallest absolute Gasteiger partial charge is 0.334 e. The third-order valence-corrected chi connectivity index (χ3v) is 2.86. The number of amides is 1. The lowest BCUT2D eigenvalue weighted by atomic mass is 10.3. The van der Waals surface area contributed by atoms with Crippen LogP contribution in [0, 0.1) is 0 Å². The maximum atomic E-state index is 12.6. The van der Waals surface area contributed by atoms with Gasteiger partial charge < -0.3 is 4.57 Å². The number of carbonyl (C=O) groups is 1. The first-order valence-corrected chi connectivity index (χ1v) is 5.07. The third kappa shape index (κ3) is 2.34. The predicted octanol–water partition coefficient (Wildman–Crippen LogP) is 2.73. The van der Waals surface area contributed by atoms with Gasteiger partial charge in [0.25, 0.3) is 0 Å². The van der Waals surface area contributed by atoms with E-state index in [4.69, 9.17) is 0 Å². The average molecular weight is 336 g/mol. The molecule has 4 nitrogen and oxygen atoms in total. The van der Waals surface area contributed by atoms with Crippen molar-refractivity contribution in [3.63, 3.8) is 0 Å². The van der Waals surface area contributed by atoms with Crippen LogP contribution >= 0.6 is 15.9 Å². The van der Waals surface area contributed by atoms with Gasteiger partial charge in [-0.25, -0.2) is 0 Å². The van der Waals surface area contributed by atoms with E-state index in [2.05, 4.69) is 15.9 Å². The lowest BCUT2D eigenvalue weighted by molar-refractivity contribution is -0.397. The van der Waals surface area contributed by atoms with E-state index < -0.39 is 28.9 Å². The number of hydrogen-bond donors (Lipinski definition) is 0. The van der Waals surface area contributed by atoms with Gasteiger partial charge in [0.2, 0.25) is 0 Å². The Bertz CT molecular complexity index is 471. The molecule has 1 radical (unpaired) electrons. The molecule has 0 bridgehead atoms. The summed E-state index contributed by atoms with van der Waals surface area (Å²) in [6, 6.07) is -3.60. The number of hydrogen-bond acceptors (Lipinski definition) is 1. The molecule has 0 saturated carbocycles. The van der Waals surface area contributed by atoms with Crippen LogP contribution in [0.25, 0.3) is 0 Å². The molecule has 0 spiro atoms. The van der Waals surface area contributed by atoms with Gasteiger partial charge in [-0.1, -0.05) is 5.21 Å². The van der Waals surface area contributed by atoms with Crippen LogP contribution in [0.5, 0.6) is 0 Å². The van der Waals surface area contributed by atoms with Crippen LogP contribution in [0.1, 0.15) is 10.5 Å². The zero-order valence-electron chi connectivity index (χ0n) is 8.63. The van der Waals surface area contributed by atoms with Crippen molar-refractivity contribution in [1.82, 2.24) is 9.63 Å². The molecule has 0 aliphatic heterocycles. The first-order chi connectivity index (χ1) is 8.00. The Balaban J connectivity index is 3.09. The fraction of sp³-hybridized carbons (Fsp3) is 0.375. The largest absolute Gasteiger partial charge is 0.478 e. The first-order valence-electron chi connectivity index (χ1n) is 4.27. The summed E-state index contributed by atoms with van der Waals surface area (Å²) in [4.78, 5) is 11.3. The lowest BCUT2D eigenvalue weighted by Gasteiger charge is -2.24. The zero-order valence-corrected chi connectivity index (χ0v) is 10.2. The van der Waals surface area contributed by atoms with Crippen molar-refractivity contribution in [1.29, 1.82) is 0 Å². The van der Waals surface area contributed by atoms with Gasteiger partial charge in [-0.15, -0.1) is 5.06 Å². The Kier molecular flexibility index (Phi) is 3.73. The minimum Gasteiger partial charge on any atom is -0.334 e. The molecular formula is C8H5BrF5N2O2. The number of carbonyl (C=O) groups excluding carboxylic acids is 1. The van der Waals surface area contributed by atoms with Gasteiger partial charge in [-0.3, -0.25) is 4.79 Å². The molecule has 1 aromatic heterocycles. The normalized spacial score (nSPS) is 12.7. The number of hydroxylamine groups is 2. The maximum absolute atomic E-state index is 12.6. The van der Waals surface area contributed by atoms with Crippen LogP contribution in [-0.4, -0.2) is 27.8 Å². The second kappa shape index (κ2) is 4.50. The molecule has 0 atom stereocenters. The van der Waals surface area contributed by atoms with Crippen LogP contribution in [0.4, 0.5) is 22.0 Å². The molecule has 1 amide bonds. The Morgan fingerprint density at radius 3 is 2.11 bits per heavy atom. The number of halogens is 6. The fourth-order valence-corrected chi connectivity index (χ4v) is 1.37. The van der Waals surface area contributed by atoms with Crippen LogP contribution in [0.2, 0.25) is 0 Å². The first kappa shape index (κ1) is 14.9. The van der Waals surface area contributed by atoms with Gasteiger partial charge in [0.1, 0.15) is 5.69 Å². The Labute approximate surface area is 106 Å². The number of alkyl halides is 5. The summed E-state index contributed by atoms with van der Waals surface area (Å²) in [6.45, 7) is 0. The minimum atomic E-state index is -6.13. The van der Waals surface area contributed by atoms with Crippen molar-refractivity contribution in [2.45, 2.75) is 12.2 Å². The van der Waals surface area contributed by atoms with E-state index in [1.54, 1.807) is 0 Å². The van der Waals surface area contributed by atoms with Crippen molar-refractivity contribution in [3.8, 4) is 0 Å². The molecule has 0 aliphatic rings. The van der Waals surface area contributed by atoms with E-state index in [0.717, 1.165) is 10.6 Å². The van der Waals surface area contributed by atoms with Crippen molar-refractivity contribution in [2.75, 3.05) is 0 Å². The molecule has 0 aromatic carbocycles. The second-order valence-electron chi connectivity index (χ2n) is 3.24. The van der Waals surface area contributed by atoms with Gasteiger partial charge >= 0.3 is 18.1 Å². The van der Waals surface area contributed by atoms with E-state index in [1.807, 2.05) is 0 Å². The van der Waals surface area contributed by atoms with E-state index in [1.165, 1.54) is 13.1 Å². The summed E-state index contributed by atoms with van der Waals surface area (Å²) in [5.74, 6) is -1.98. The van der Waals surface area contributed by atoms with E-state index in [0.29, 0.717) is 0 Å². The summed E-state index contributed by atoms with van der Waals surface area (Å²) in [6.07, 6.45) is -6.13. The van der Waals surface area contributed by atoms with Gasteiger partial charge in [0, 0.05) is 7.05 Å². The maximum Gasteiger partial charge on any atom is 0.478 e. The van der Waals surface area contributed by atoms with Crippen LogP contribution in [0.15, 0.2) is 16.7 Å². The Morgan fingerprint density at radius 1 is 1.28 bits per heavy atom. The van der Waals surface area contributed by atoms with Crippen LogP contribution < -0.4 is 0 Å². The average Bonchev–Trinajstić information content (AvgIpc) is 2.56. The van der Waals surface area contributed by atoms with Crippen LogP contribution in [-0.2, 0) is 12.3 Å². The molecule has 0 saturated heterocycles. The number of nitrogens with zero attached hydrogens (tertiary/aromatic N) is 2. The molecule has 1 rings (SSSR count). The lowest BCUT2D eigenvalue weighted by Crippen LogP contribution is -2.52. The number of rotatable bonds is 2.